The van der Waals surface area contributed by atoms with Crippen molar-refractivity contribution in [2.75, 3.05) is 10.6 Å². The first kappa shape index (κ1) is 16.6. The maximum Gasteiger partial charge on any atom is 0.257 e. The van der Waals surface area contributed by atoms with Gasteiger partial charge in [0, 0.05) is 36.7 Å². The topological polar surface area (TPSA) is 100 Å². The molecule has 0 aliphatic heterocycles. The van der Waals surface area contributed by atoms with Gasteiger partial charge in [-0.05, 0) is 43.2 Å². The Morgan fingerprint density at radius 2 is 1.48 bits per heavy atom. The number of carbonyl (C=O) groups is 3. The van der Waals surface area contributed by atoms with Crippen molar-refractivity contribution in [2.45, 2.75) is 25.8 Å². The van der Waals surface area contributed by atoms with Crippen molar-refractivity contribution in [2.24, 2.45) is 0 Å². The Hall–Kier alpha value is -3.22. The lowest BCUT2D eigenvalue weighted by atomic mass is 10.1. The molecule has 1 saturated carbocycles. The molecule has 0 spiro atoms. The Labute approximate surface area is 144 Å². The van der Waals surface area contributed by atoms with Gasteiger partial charge in [-0.15, -0.1) is 0 Å². The van der Waals surface area contributed by atoms with E-state index < -0.39 is 0 Å². The zero-order chi connectivity index (χ0) is 17.8. The molecule has 0 unspecified atom stereocenters. The summed E-state index contributed by atoms with van der Waals surface area (Å²) < 4.78 is 0. The number of hydrogen-bond acceptors (Lipinski definition) is 4. The van der Waals surface area contributed by atoms with Crippen LogP contribution in [0.15, 0.2) is 42.7 Å². The third-order valence-corrected chi connectivity index (χ3v) is 3.64. The Morgan fingerprint density at radius 3 is 2.04 bits per heavy atom. The molecule has 25 heavy (non-hydrogen) atoms. The largest absolute Gasteiger partial charge is 0.349 e. The molecule has 7 heteroatoms. The van der Waals surface area contributed by atoms with Crippen LogP contribution in [0.2, 0.25) is 0 Å². The van der Waals surface area contributed by atoms with Crippen LogP contribution >= 0.6 is 0 Å². The summed E-state index contributed by atoms with van der Waals surface area (Å²) >= 11 is 0. The van der Waals surface area contributed by atoms with E-state index in [1.807, 2.05) is 0 Å². The van der Waals surface area contributed by atoms with E-state index in [4.69, 9.17) is 0 Å². The number of benzene rings is 1. The van der Waals surface area contributed by atoms with Crippen LogP contribution in [0.4, 0.5) is 11.4 Å². The van der Waals surface area contributed by atoms with Gasteiger partial charge in [0.1, 0.15) is 0 Å². The Kier molecular flexibility index (Phi) is 4.74. The molecular weight excluding hydrogens is 320 g/mol. The van der Waals surface area contributed by atoms with Gasteiger partial charge in [-0.25, -0.2) is 0 Å². The molecule has 1 aliphatic rings. The van der Waals surface area contributed by atoms with E-state index in [1.165, 1.54) is 25.4 Å². The van der Waals surface area contributed by atoms with Crippen LogP contribution in [0.1, 0.15) is 40.5 Å². The summed E-state index contributed by atoms with van der Waals surface area (Å²) in [6.45, 7) is 1.43. The van der Waals surface area contributed by atoms with Crippen LogP contribution in [-0.4, -0.2) is 28.7 Å². The van der Waals surface area contributed by atoms with Gasteiger partial charge < -0.3 is 16.0 Å². The van der Waals surface area contributed by atoms with Crippen molar-refractivity contribution in [1.82, 2.24) is 10.3 Å². The normalized spacial score (nSPS) is 13.0. The fourth-order valence-electron chi connectivity index (χ4n) is 2.23. The summed E-state index contributed by atoms with van der Waals surface area (Å²) in [6.07, 6.45) is 4.84. The van der Waals surface area contributed by atoms with E-state index in [0.717, 1.165) is 12.8 Å². The first-order valence-electron chi connectivity index (χ1n) is 7.96. The van der Waals surface area contributed by atoms with Crippen molar-refractivity contribution in [3.05, 3.63) is 53.9 Å². The number of nitrogens with zero attached hydrogens (tertiary/aromatic N) is 1. The maximum absolute atomic E-state index is 12.3. The van der Waals surface area contributed by atoms with Gasteiger partial charge in [-0.1, -0.05) is 0 Å². The van der Waals surface area contributed by atoms with E-state index in [-0.39, 0.29) is 23.8 Å². The molecule has 1 aromatic heterocycles. The average molecular weight is 338 g/mol. The summed E-state index contributed by atoms with van der Waals surface area (Å²) in [5, 5.41) is 8.25. The first-order valence-corrected chi connectivity index (χ1v) is 7.96. The van der Waals surface area contributed by atoms with E-state index >= 15 is 0 Å². The van der Waals surface area contributed by atoms with E-state index in [9.17, 15) is 14.4 Å². The molecule has 3 N–H and O–H groups in total. The van der Waals surface area contributed by atoms with Crippen molar-refractivity contribution in [3.63, 3.8) is 0 Å². The van der Waals surface area contributed by atoms with Crippen molar-refractivity contribution < 1.29 is 14.4 Å². The van der Waals surface area contributed by atoms with E-state index in [1.54, 1.807) is 24.3 Å². The third kappa shape index (κ3) is 4.63. The highest BCUT2D eigenvalue weighted by Crippen LogP contribution is 2.19. The molecule has 0 saturated heterocycles. The molecular formula is C18H18N4O3. The molecule has 2 aromatic rings. The minimum atomic E-state index is -0.360. The number of nitrogens with one attached hydrogen (secondary N) is 3. The maximum atomic E-state index is 12.3. The lowest BCUT2D eigenvalue weighted by Crippen LogP contribution is -2.26. The van der Waals surface area contributed by atoms with Crippen LogP contribution < -0.4 is 16.0 Å². The lowest BCUT2D eigenvalue weighted by molar-refractivity contribution is -0.114. The molecule has 1 aliphatic carbocycles. The quantitative estimate of drug-likeness (QED) is 0.778. The lowest BCUT2D eigenvalue weighted by Gasteiger charge is -2.08. The van der Waals surface area contributed by atoms with E-state index in [0.29, 0.717) is 22.5 Å². The highest BCUT2D eigenvalue weighted by atomic mass is 16.2. The molecule has 0 bridgehead atoms. The average Bonchev–Trinajstić information content (AvgIpc) is 3.40. The Balaban J connectivity index is 1.66. The molecule has 0 radical (unpaired) electrons. The van der Waals surface area contributed by atoms with E-state index in [2.05, 4.69) is 20.9 Å². The summed E-state index contributed by atoms with van der Waals surface area (Å²) in [7, 11) is 0. The molecule has 7 nitrogen and oxygen atoms in total. The highest BCUT2D eigenvalue weighted by Gasteiger charge is 2.24. The molecule has 128 valence electrons. The first-order chi connectivity index (χ1) is 12.0. The van der Waals surface area contributed by atoms with Crippen molar-refractivity contribution in [3.8, 4) is 0 Å². The van der Waals surface area contributed by atoms with Crippen LogP contribution in [0.3, 0.4) is 0 Å². The fourth-order valence-corrected chi connectivity index (χ4v) is 2.23. The summed E-state index contributed by atoms with van der Waals surface area (Å²) in [5.74, 6) is -0.741. The minimum absolute atomic E-state index is 0.163. The number of anilines is 2. The van der Waals surface area contributed by atoms with Gasteiger partial charge >= 0.3 is 0 Å². The van der Waals surface area contributed by atoms with Crippen molar-refractivity contribution >= 4 is 29.1 Å². The summed E-state index contributed by atoms with van der Waals surface area (Å²) in [4.78, 5) is 39.3. The minimum Gasteiger partial charge on any atom is -0.349 e. The Bertz CT molecular complexity index is 813. The Morgan fingerprint density at radius 1 is 0.920 bits per heavy atom. The standard InChI is InChI=1S/C18H18N4O3/c1-11(23)20-14-2-4-15(5-3-14)21-17(24)12-8-13(10-19-9-12)18(25)22-16-6-7-16/h2-5,8-10,16H,6-7H2,1H3,(H,20,23)(H,21,24)(H,22,25). The highest BCUT2D eigenvalue weighted by molar-refractivity contribution is 6.06. The zero-order valence-electron chi connectivity index (χ0n) is 13.7. The number of rotatable bonds is 5. The second kappa shape index (κ2) is 7.12. The van der Waals surface area contributed by atoms with Gasteiger partial charge in [0.25, 0.3) is 11.8 Å². The van der Waals surface area contributed by atoms with Crippen LogP contribution in [0.5, 0.6) is 0 Å². The molecule has 0 atom stereocenters. The fraction of sp³-hybridized carbons (Fsp3) is 0.222. The van der Waals surface area contributed by atoms with Crippen molar-refractivity contribution in [1.29, 1.82) is 0 Å². The molecule has 1 heterocycles. The predicted molar refractivity (Wildman–Crippen MR) is 93.4 cm³/mol. The number of pyridine rings is 1. The number of carbonyl (C=O) groups excluding carboxylic acids is 3. The van der Waals surface area contributed by atoms with Crippen LogP contribution in [-0.2, 0) is 4.79 Å². The molecule has 3 amide bonds. The number of aromatic nitrogens is 1. The second-order valence-corrected chi connectivity index (χ2v) is 5.92. The zero-order valence-corrected chi connectivity index (χ0v) is 13.7. The molecule has 3 rings (SSSR count). The van der Waals surface area contributed by atoms with Crippen LogP contribution in [0, 0.1) is 0 Å². The SMILES string of the molecule is CC(=O)Nc1ccc(NC(=O)c2cncc(C(=O)NC3CC3)c2)cc1. The van der Waals surface area contributed by atoms with Gasteiger partial charge in [0.15, 0.2) is 0 Å². The number of amides is 3. The third-order valence-electron chi connectivity index (χ3n) is 3.64. The smallest absolute Gasteiger partial charge is 0.257 e. The van der Waals surface area contributed by atoms with Gasteiger partial charge in [-0.2, -0.15) is 0 Å². The summed E-state index contributed by atoms with van der Waals surface area (Å²) in [6, 6.07) is 8.50. The van der Waals surface area contributed by atoms with Crippen LogP contribution in [0.25, 0.3) is 0 Å². The van der Waals surface area contributed by atoms with Gasteiger partial charge in [0.2, 0.25) is 5.91 Å². The number of hydrogen-bond donors (Lipinski definition) is 3. The molecule has 1 fully saturated rings. The van der Waals surface area contributed by atoms with Gasteiger partial charge in [-0.3, -0.25) is 19.4 Å². The second-order valence-electron chi connectivity index (χ2n) is 5.92. The summed E-state index contributed by atoms with van der Waals surface area (Å²) in [5.41, 5.74) is 1.88. The molecule has 1 aromatic carbocycles. The van der Waals surface area contributed by atoms with Gasteiger partial charge in [0.05, 0.1) is 11.1 Å². The predicted octanol–water partition coefficient (Wildman–Crippen LogP) is 2.18. The monoisotopic (exact) mass is 338 g/mol.